The molecule has 4 heteroatoms. The molecule has 0 saturated heterocycles. The van der Waals surface area contributed by atoms with Crippen molar-refractivity contribution in [2.45, 2.75) is 103 Å². The summed E-state index contributed by atoms with van der Waals surface area (Å²) in [5.74, 6) is -0.822. The van der Waals surface area contributed by atoms with Crippen LogP contribution >= 0.6 is 0 Å². The lowest BCUT2D eigenvalue weighted by Crippen LogP contribution is -2.53. The number of unbranched alkanes of at least 4 members (excludes halogenated alkanes) is 7. The highest BCUT2D eigenvalue weighted by Gasteiger charge is 2.34. The van der Waals surface area contributed by atoms with Gasteiger partial charge in [-0.05, 0) is 19.3 Å². The summed E-state index contributed by atoms with van der Waals surface area (Å²) in [6.07, 6.45) is 11.4. The van der Waals surface area contributed by atoms with Gasteiger partial charge < -0.3 is 10.2 Å². The molecule has 0 rings (SSSR count). The maximum Gasteiger partial charge on any atom is 0.323 e. The summed E-state index contributed by atoms with van der Waals surface area (Å²) in [4.78, 5) is 11.4. The van der Waals surface area contributed by atoms with E-state index >= 15 is 0 Å². The van der Waals surface area contributed by atoms with Crippen LogP contribution in [0.4, 0.5) is 0 Å². The minimum Gasteiger partial charge on any atom is -0.480 e. The van der Waals surface area contributed by atoms with Crippen molar-refractivity contribution >= 4 is 5.97 Å². The van der Waals surface area contributed by atoms with Crippen LogP contribution < -0.4 is 5.32 Å². The van der Waals surface area contributed by atoms with Crippen LogP contribution in [0, 0.1) is 0 Å². The molecule has 0 aliphatic heterocycles. The molecule has 0 radical (unpaired) electrons. The Hall–Kier alpha value is -0.610. The lowest BCUT2D eigenvalue weighted by atomic mass is 9.92. The SMILES string of the molecule is CCCCCCCCCCC(O)CNC(CC)(CC)C(=O)O. The monoisotopic (exact) mass is 315 g/mol. The van der Waals surface area contributed by atoms with Crippen molar-refractivity contribution < 1.29 is 15.0 Å². The molecule has 1 unspecified atom stereocenters. The third-order valence-electron chi connectivity index (χ3n) is 4.68. The predicted molar refractivity (Wildman–Crippen MR) is 92.2 cm³/mol. The zero-order valence-corrected chi connectivity index (χ0v) is 14.9. The molecule has 4 nitrogen and oxygen atoms in total. The van der Waals surface area contributed by atoms with Crippen LogP contribution in [-0.2, 0) is 4.79 Å². The third kappa shape index (κ3) is 8.74. The van der Waals surface area contributed by atoms with Crippen molar-refractivity contribution in [2.75, 3.05) is 6.54 Å². The van der Waals surface area contributed by atoms with E-state index in [1.807, 2.05) is 13.8 Å². The molecule has 0 aliphatic carbocycles. The van der Waals surface area contributed by atoms with Gasteiger partial charge in [0, 0.05) is 6.54 Å². The number of nitrogens with one attached hydrogen (secondary N) is 1. The Morgan fingerprint density at radius 2 is 1.45 bits per heavy atom. The standard InChI is InChI=1S/C18H37NO3/c1-4-7-8-9-10-11-12-13-14-16(20)15-19-18(5-2,6-3)17(21)22/h16,19-20H,4-15H2,1-3H3,(H,21,22). The second-order valence-electron chi connectivity index (χ2n) is 6.39. The lowest BCUT2D eigenvalue weighted by Gasteiger charge is -2.29. The average molecular weight is 315 g/mol. The Balaban J connectivity index is 3.73. The van der Waals surface area contributed by atoms with Crippen molar-refractivity contribution in [2.24, 2.45) is 0 Å². The second-order valence-corrected chi connectivity index (χ2v) is 6.39. The van der Waals surface area contributed by atoms with Gasteiger partial charge in [-0.2, -0.15) is 0 Å². The summed E-state index contributed by atoms with van der Waals surface area (Å²) < 4.78 is 0. The van der Waals surface area contributed by atoms with Crippen molar-refractivity contribution in [1.82, 2.24) is 5.32 Å². The molecule has 0 aromatic rings. The second kappa shape index (κ2) is 12.9. The van der Waals surface area contributed by atoms with Gasteiger partial charge in [0.2, 0.25) is 0 Å². The molecule has 0 saturated carbocycles. The van der Waals surface area contributed by atoms with E-state index in [1.54, 1.807) is 0 Å². The van der Waals surface area contributed by atoms with E-state index in [0.717, 1.165) is 19.3 Å². The highest BCUT2D eigenvalue weighted by Crippen LogP contribution is 2.16. The minimum atomic E-state index is -0.889. The van der Waals surface area contributed by atoms with E-state index in [9.17, 15) is 15.0 Å². The van der Waals surface area contributed by atoms with Gasteiger partial charge in [0.1, 0.15) is 5.54 Å². The summed E-state index contributed by atoms with van der Waals surface area (Å²) >= 11 is 0. The summed E-state index contributed by atoms with van der Waals surface area (Å²) in [5, 5.41) is 22.4. The molecule has 0 bridgehead atoms. The van der Waals surface area contributed by atoms with E-state index in [4.69, 9.17) is 0 Å². The van der Waals surface area contributed by atoms with E-state index in [-0.39, 0.29) is 0 Å². The largest absolute Gasteiger partial charge is 0.480 e. The van der Waals surface area contributed by atoms with Crippen molar-refractivity contribution in [3.05, 3.63) is 0 Å². The highest BCUT2D eigenvalue weighted by molar-refractivity contribution is 5.78. The van der Waals surface area contributed by atoms with Gasteiger partial charge in [0.15, 0.2) is 0 Å². The summed E-state index contributed by atoms with van der Waals surface area (Å²) in [6, 6.07) is 0. The maximum absolute atomic E-state index is 11.4. The topological polar surface area (TPSA) is 69.6 Å². The van der Waals surface area contributed by atoms with Crippen LogP contribution in [0.1, 0.15) is 91.4 Å². The van der Waals surface area contributed by atoms with E-state index < -0.39 is 17.6 Å². The summed E-state index contributed by atoms with van der Waals surface area (Å²) in [7, 11) is 0. The molecule has 0 spiro atoms. The quantitative estimate of drug-likeness (QED) is 0.398. The first-order valence-electron chi connectivity index (χ1n) is 9.18. The Kier molecular flexibility index (Phi) is 12.5. The number of aliphatic hydroxyl groups is 1. The molecule has 0 aromatic heterocycles. The van der Waals surface area contributed by atoms with Crippen LogP contribution in [0.25, 0.3) is 0 Å². The van der Waals surface area contributed by atoms with Crippen LogP contribution in [0.15, 0.2) is 0 Å². The normalized spacial score (nSPS) is 13.3. The number of aliphatic hydroxyl groups excluding tert-OH is 1. The van der Waals surface area contributed by atoms with Crippen LogP contribution in [0.5, 0.6) is 0 Å². The lowest BCUT2D eigenvalue weighted by molar-refractivity contribution is -0.145. The molecule has 0 fully saturated rings. The minimum absolute atomic E-state index is 0.366. The molecule has 0 amide bonds. The van der Waals surface area contributed by atoms with Gasteiger partial charge >= 0.3 is 5.97 Å². The fourth-order valence-corrected chi connectivity index (χ4v) is 2.81. The molecule has 22 heavy (non-hydrogen) atoms. The van der Waals surface area contributed by atoms with Crippen molar-refractivity contribution in [3.63, 3.8) is 0 Å². The number of rotatable bonds is 15. The smallest absolute Gasteiger partial charge is 0.323 e. The number of β-amino-alcohol motifs (C(OH)–C–C–N with tert-alkyl or cyclic N) is 1. The molecule has 3 N–H and O–H groups in total. The first-order chi connectivity index (χ1) is 10.5. The number of carboxylic acid groups (broad SMARTS) is 1. The summed E-state index contributed by atoms with van der Waals surface area (Å²) in [6.45, 7) is 6.33. The zero-order chi connectivity index (χ0) is 16.8. The maximum atomic E-state index is 11.4. The van der Waals surface area contributed by atoms with E-state index in [0.29, 0.717) is 19.4 Å². The van der Waals surface area contributed by atoms with Crippen molar-refractivity contribution in [3.8, 4) is 0 Å². The highest BCUT2D eigenvalue weighted by atomic mass is 16.4. The van der Waals surface area contributed by atoms with Crippen LogP contribution in [0.3, 0.4) is 0 Å². The molecule has 0 aromatic carbocycles. The Morgan fingerprint density at radius 1 is 0.955 bits per heavy atom. The summed E-state index contributed by atoms with van der Waals surface area (Å²) in [5.41, 5.74) is -0.889. The third-order valence-corrected chi connectivity index (χ3v) is 4.68. The van der Waals surface area contributed by atoms with E-state index in [1.165, 1.54) is 38.5 Å². The Morgan fingerprint density at radius 3 is 1.91 bits per heavy atom. The molecule has 1 atom stereocenters. The molecule has 132 valence electrons. The molecule has 0 aliphatic rings. The van der Waals surface area contributed by atoms with E-state index in [2.05, 4.69) is 12.2 Å². The first-order valence-corrected chi connectivity index (χ1v) is 9.18. The van der Waals surface area contributed by atoms with Crippen molar-refractivity contribution in [1.29, 1.82) is 0 Å². The number of hydrogen-bond donors (Lipinski definition) is 3. The van der Waals surface area contributed by atoms with Gasteiger partial charge in [-0.1, -0.05) is 72.1 Å². The molecule has 0 heterocycles. The fraction of sp³-hybridized carbons (Fsp3) is 0.944. The zero-order valence-electron chi connectivity index (χ0n) is 14.9. The van der Waals surface area contributed by atoms with Gasteiger partial charge in [0.25, 0.3) is 0 Å². The number of carboxylic acids is 1. The van der Waals surface area contributed by atoms with Gasteiger partial charge in [-0.3, -0.25) is 10.1 Å². The fourth-order valence-electron chi connectivity index (χ4n) is 2.81. The number of carbonyl (C=O) groups is 1. The Labute approximate surface area is 136 Å². The number of aliphatic carboxylic acids is 1. The van der Waals surface area contributed by atoms with Gasteiger partial charge in [-0.25, -0.2) is 0 Å². The first kappa shape index (κ1) is 21.4. The molecular weight excluding hydrogens is 278 g/mol. The Bertz CT molecular complexity index is 278. The van der Waals surface area contributed by atoms with Gasteiger partial charge in [-0.15, -0.1) is 0 Å². The average Bonchev–Trinajstić information content (AvgIpc) is 2.51. The van der Waals surface area contributed by atoms with Gasteiger partial charge in [0.05, 0.1) is 6.10 Å². The van der Waals surface area contributed by atoms with Crippen LogP contribution in [0.2, 0.25) is 0 Å². The number of hydrogen-bond acceptors (Lipinski definition) is 3. The predicted octanol–water partition coefficient (Wildman–Crippen LogP) is 4.11. The molecular formula is C18H37NO3. The van der Waals surface area contributed by atoms with Crippen LogP contribution in [-0.4, -0.2) is 34.4 Å².